The number of hydrogen-bond donors (Lipinski definition) is 2. The van der Waals surface area contributed by atoms with E-state index in [2.05, 4.69) is 5.32 Å². The Bertz CT molecular complexity index is 1270. The molecule has 7 nitrogen and oxygen atoms in total. The SMILES string of the molecule is COc1ccc(Nc2c(-c3ccn(C)c3)c(C)nn2-c2ccccc2C)c(C(=O)O)c1. The van der Waals surface area contributed by atoms with E-state index in [1.807, 2.05) is 72.9 Å². The van der Waals surface area contributed by atoms with Crippen molar-refractivity contribution in [2.45, 2.75) is 13.8 Å². The highest BCUT2D eigenvalue weighted by Gasteiger charge is 2.22. The third kappa shape index (κ3) is 3.77. The molecule has 0 unspecified atom stereocenters. The van der Waals surface area contributed by atoms with Gasteiger partial charge in [-0.25, -0.2) is 9.48 Å². The molecule has 0 aliphatic rings. The van der Waals surface area contributed by atoms with Crippen LogP contribution in [0.5, 0.6) is 5.75 Å². The molecule has 0 aliphatic carbocycles. The molecule has 31 heavy (non-hydrogen) atoms. The van der Waals surface area contributed by atoms with Crippen LogP contribution >= 0.6 is 0 Å². The Morgan fingerprint density at radius 3 is 2.55 bits per heavy atom. The molecular weight excluding hydrogens is 392 g/mol. The molecule has 0 fully saturated rings. The highest BCUT2D eigenvalue weighted by atomic mass is 16.5. The van der Waals surface area contributed by atoms with Crippen molar-refractivity contribution >= 4 is 17.5 Å². The number of para-hydroxylation sites is 1. The van der Waals surface area contributed by atoms with Crippen LogP contribution in [0.2, 0.25) is 0 Å². The molecule has 0 aliphatic heterocycles. The first-order valence-corrected chi connectivity index (χ1v) is 9.85. The first kappa shape index (κ1) is 20.3. The Balaban J connectivity index is 1.94. The number of carboxylic acids is 1. The standard InChI is InChI=1S/C24H24N4O3/c1-15-7-5-6-8-21(15)28-23(22(16(2)26-28)17-11-12-27(3)14-17)25-20-10-9-18(31-4)13-19(20)24(29)30/h5-14,25H,1-4H3,(H,29,30). The Labute approximate surface area is 180 Å². The van der Waals surface area contributed by atoms with E-state index in [0.29, 0.717) is 17.3 Å². The van der Waals surface area contributed by atoms with Crippen LogP contribution in [0.1, 0.15) is 21.6 Å². The smallest absolute Gasteiger partial charge is 0.337 e. The van der Waals surface area contributed by atoms with Crippen LogP contribution < -0.4 is 10.1 Å². The topological polar surface area (TPSA) is 81.3 Å². The zero-order valence-corrected chi connectivity index (χ0v) is 17.9. The number of nitrogens with zero attached hydrogens (tertiary/aromatic N) is 3. The van der Waals surface area contributed by atoms with Crippen molar-refractivity contribution in [1.82, 2.24) is 14.3 Å². The minimum Gasteiger partial charge on any atom is -0.497 e. The summed E-state index contributed by atoms with van der Waals surface area (Å²) in [5.74, 6) is 0.141. The molecular formula is C24H24N4O3. The van der Waals surface area contributed by atoms with E-state index in [4.69, 9.17) is 9.84 Å². The van der Waals surface area contributed by atoms with E-state index in [0.717, 1.165) is 28.1 Å². The fourth-order valence-electron chi connectivity index (χ4n) is 3.68. The van der Waals surface area contributed by atoms with Gasteiger partial charge in [-0.05, 0) is 49.7 Å². The molecule has 7 heteroatoms. The number of aromatic nitrogens is 3. The Morgan fingerprint density at radius 2 is 1.90 bits per heavy atom. The van der Waals surface area contributed by atoms with Gasteiger partial charge in [-0.15, -0.1) is 0 Å². The zero-order valence-electron chi connectivity index (χ0n) is 17.9. The van der Waals surface area contributed by atoms with Crippen molar-refractivity contribution in [1.29, 1.82) is 0 Å². The second-order valence-electron chi connectivity index (χ2n) is 7.41. The van der Waals surface area contributed by atoms with Crippen LogP contribution in [0.15, 0.2) is 60.9 Å². The largest absolute Gasteiger partial charge is 0.497 e. The minimum absolute atomic E-state index is 0.119. The summed E-state index contributed by atoms with van der Waals surface area (Å²) in [5, 5.41) is 17.9. The Kier molecular flexibility index (Phi) is 5.25. The van der Waals surface area contributed by atoms with Gasteiger partial charge in [-0.2, -0.15) is 5.10 Å². The molecule has 4 rings (SSSR count). The lowest BCUT2D eigenvalue weighted by atomic mass is 10.1. The average Bonchev–Trinajstić information content (AvgIpc) is 3.31. The molecule has 0 atom stereocenters. The molecule has 4 aromatic rings. The number of nitrogens with one attached hydrogen (secondary N) is 1. The van der Waals surface area contributed by atoms with Gasteiger partial charge >= 0.3 is 5.97 Å². The molecule has 0 amide bonds. The molecule has 2 aromatic carbocycles. The number of benzene rings is 2. The van der Waals surface area contributed by atoms with Crippen LogP contribution in [0.4, 0.5) is 11.5 Å². The minimum atomic E-state index is -1.04. The molecule has 158 valence electrons. The van der Waals surface area contributed by atoms with E-state index in [1.54, 1.807) is 12.1 Å². The number of ether oxygens (including phenoxy) is 1. The summed E-state index contributed by atoms with van der Waals surface area (Å²) in [5.41, 5.74) is 5.29. The number of hydrogen-bond acceptors (Lipinski definition) is 4. The van der Waals surface area contributed by atoms with Gasteiger partial charge in [0.25, 0.3) is 0 Å². The lowest BCUT2D eigenvalue weighted by molar-refractivity contribution is 0.0697. The molecule has 0 saturated heterocycles. The van der Waals surface area contributed by atoms with Gasteiger partial charge in [0.15, 0.2) is 0 Å². The normalized spacial score (nSPS) is 10.8. The predicted octanol–water partition coefficient (Wildman–Crippen LogP) is 4.95. The summed E-state index contributed by atoms with van der Waals surface area (Å²) >= 11 is 0. The second-order valence-corrected chi connectivity index (χ2v) is 7.41. The first-order chi connectivity index (χ1) is 14.9. The summed E-state index contributed by atoms with van der Waals surface area (Å²) in [7, 11) is 3.47. The first-order valence-electron chi connectivity index (χ1n) is 9.85. The quantitative estimate of drug-likeness (QED) is 0.465. The van der Waals surface area contributed by atoms with Crippen LogP contribution in [-0.2, 0) is 7.05 Å². The predicted molar refractivity (Wildman–Crippen MR) is 121 cm³/mol. The number of methoxy groups -OCH3 is 1. The summed E-state index contributed by atoms with van der Waals surface area (Å²) in [6, 6.07) is 14.9. The van der Waals surface area contributed by atoms with Gasteiger partial charge in [0.2, 0.25) is 0 Å². The van der Waals surface area contributed by atoms with Crippen molar-refractivity contribution in [3.8, 4) is 22.6 Å². The van der Waals surface area contributed by atoms with Crippen molar-refractivity contribution in [3.63, 3.8) is 0 Å². The van der Waals surface area contributed by atoms with Crippen molar-refractivity contribution in [3.05, 3.63) is 77.7 Å². The lowest BCUT2D eigenvalue weighted by Gasteiger charge is -2.15. The van der Waals surface area contributed by atoms with E-state index in [-0.39, 0.29) is 5.56 Å². The third-order valence-corrected chi connectivity index (χ3v) is 5.23. The van der Waals surface area contributed by atoms with Crippen molar-refractivity contribution in [2.75, 3.05) is 12.4 Å². The van der Waals surface area contributed by atoms with Crippen LogP contribution in [0.25, 0.3) is 16.8 Å². The van der Waals surface area contributed by atoms with Gasteiger partial charge in [-0.3, -0.25) is 0 Å². The van der Waals surface area contributed by atoms with Gasteiger partial charge in [0, 0.05) is 30.6 Å². The van der Waals surface area contributed by atoms with Gasteiger partial charge in [0.05, 0.1) is 29.7 Å². The van der Waals surface area contributed by atoms with E-state index < -0.39 is 5.97 Å². The van der Waals surface area contributed by atoms with Crippen molar-refractivity contribution < 1.29 is 14.6 Å². The molecule has 2 N–H and O–H groups in total. The van der Waals surface area contributed by atoms with Crippen LogP contribution in [0.3, 0.4) is 0 Å². The monoisotopic (exact) mass is 416 g/mol. The molecule has 2 heterocycles. The fraction of sp³-hybridized carbons (Fsp3) is 0.167. The lowest BCUT2D eigenvalue weighted by Crippen LogP contribution is -2.08. The number of aryl methyl sites for hydroxylation is 3. The third-order valence-electron chi connectivity index (χ3n) is 5.23. The summed E-state index contributed by atoms with van der Waals surface area (Å²) in [6.07, 6.45) is 3.99. The summed E-state index contributed by atoms with van der Waals surface area (Å²) in [6.45, 7) is 3.97. The van der Waals surface area contributed by atoms with Gasteiger partial charge < -0.3 is 19.7 Å². The van der Waals surface area contributed by atoms with Gasteiger partial charge in [0.1, 0.15) is 11.6 Å². The van der Waals surface area contributed by atoms with Gasteiger partial charge in [-0.1, -0.05) is 18.2 Å². The molecule has 0 radical (unpaired) electrons. The number of carbonyl (C=O) groups is 1. The number of carboxylic acid groups (broad SMARTS) is 1. The molecule has 0 spiro atoms. The van der Waals surface area contributed by atoms with Crippen molar-refractivity contribution in [2.24, 2.45) is 7.05 Å². The Morgan fingerprint density at radius 1 is 1.13 bits per heavy atom. The van der Waals surface area contributed by atoms with E-state index in [1.165, 1.54) is 13.2 Å². The van der Waals surface area contributed by atoms with E-state index >= 15 is 0 Å². The van der Waals surface area contributed by atoms with Crippen LogP contribution in [0, 0.1) is 13.8 Å². The number of anilines is 2. The van der Waals surface area contributed by atoms with E-state index in [9.17, 15) is 9.90 Å². The number of aromatic carboxylic acids is 1. The Hall–Kier alpha value is -4.00. The maximum absolute atomic E-state index is 11.9. The van der Waals surface area contributed by atoms with Crippen LogP contribution in [-0.4, -0.2) is 32.5 Å². The summed E-state index contributed by atoms with van der Waals surface area (Å²) in [4.78, 5) is 11.9. The fourth-order valence-corrected chi connectivity index (χ4v) is 3.68. The highest BCUT2D eigenvalue weighted by Crippen LogP contribution is 2.37. The summed E-state index contributed by atoms with van der Waals surface area (Å²) < 4.78 is 9.02. The molecule has 2 aromatic heterocycles. The maximum Gasteiger partial charge on any atom is 0.337 e. The second kappa shape index (κ2) is 8.02. The maximum atomic E-state index is 11.9. The highest BCUT2D eigenvalue weighted by molar-refractivity contribution is 5.96. The number of rotatable bonds is 6. The molecule has 0 saturated carbocycles. The molecule has 0 bridgehead atoms. The zero-order chi connectivity index (χ0) is 22.1. The average molecular weight is 416 g/mol.